The maximum Gasteiger partial charge on any atom is 0.331 e. The molecule has 1 aliphatic carbocycles. The fraction of sp³-hybridized carbons (Fsp3) is 0.240. The first-order valence-corrected chi connectivity index (χ1v) is 10.2. The molecule has 0 aliphatic heterocycles. The first kappa shape index (κ1) is 19.8. The molecule has 2 aromatic carbocycles. The number of benzene rings is 2. The number of pyridine rings is 1. The summed E-state index contributed by atoms with van der Waals surface area (Å²) in [6, 6.07) is 19.8. The maximum atomic E-state index is 12.6. The summed E-state index contributed by atoms with van der Waals surface area (Å²) in [6.07, 6.45) is 5.90. The second-order valence-corrected chi connectivity index (χ2v) is 7.48. The number of hydrogen-bond donors (Lipinski definition) is 0. The molecule has 1 unspecified atom stereocenters. The molecule has 1 aliphatic rings. The van der Waals surface area contributed by atoms with Crippen molar-refractivity contribution in [2.45, 2.75) is 25.3 Å². The van der Waals surface area contributed by atoms with E-state index in [-0.39, 0.29) is 18.6 Å². The highest BCUT2D eigenvalue weighted by molar-refractivity contribution is 5.89. The van der Waals surface area contributed by atoms with E-state index in [0.717, 1.165) is 30.2 Å². The number of ether oxygens (including phenoxy) is 1. The second kappa shape index (κ2) is 8.91. The number of carbonyl (C=O) groups excluding carboxylic acids is 2. The molecule has 0 saturated carbocycles. The Hall–Kier alpha value is -3.47. The van der Waals surface area contributed by atoms with Crippen LogP contribution in [0.2, 0.25) is 0 Å². The van der Waals surface area contributed by atoms with Gasteiger partial charge in [0.25, 0.3) is 5.91 Å². The average Bonchev–Trinajstić information content (AvgIpc) is 2.80. The molecule has 0 saturated heterocycles. The molecule has 152 valence electrons. The normalized spacial score (nSPS) is 15.7. The molecule has 0 N–H and O–H groups in total. The molecular formula is C25H24N2O3. The Morgan fingerprint density at radius 3 is 2.80 bits per heavy atom. The summed E-state index contributed by atoms with van der Waals surface area (Å²) in [6.45, 7) is -0.274. The SMILES string of the molecule is CN(C(=O)COC(=O)/C=C/c1ccc2ccccc2n1)C1CCCc2ccccc21. The minimum absolute atomic E-state index is 0.0264. The van der Waals surface area contributed by atoms with E-state index in [1.807, 2.05) is 48.5 Å². The molecule has 1 aromatic heterocycles. The highest BCUT2D eigenvalue weighted by Gasteiger charge is 2.26. The lowest BCUT2D eigenvalue weighted by Gasteiger charge is -2.33. The Labute approximate surface area is 176 Å². The number of likely N-dealkylation sites (N-methyl/N-ethyl adjacent to an activating group) is 1. The fourth-order valence-corrected chi connectivity index (χ4v) is 3.92. The Bertz CT molecular complexity index is 1110. The summed E-state index contributed by atoms with van der Waals surface area (Å²) in [4.78, 5) is 30.8. The third-order valence-electron chi connectivity index (χ3n) is 5.55. The quantitative estimate of drug-likeness (QED) is 0.473. The van der Waals surface area contributed by atoms with Gasteiger partial charge in [0.15, 0.2) is 6.61 Å². The number of para-hydroxylation sites is 1. The van der Waals surface area contributed by atoms with Crippen LogP contribution in [0.15, 0.2) is 66.7 Å². The van der Waals surface area contributed by atoms with Crippen molar-refractivity contribution in [3.63, 3.8) is 0 Å². The number of nitrogens with zero attached hydrogens (tertiary/aromatic N) is 2. The van der Waals surface area contributed by atoms with Gasteiger partial charge in [0.05, 0.1) is 17.3 Å². The average molecular weight is 400 g/mol. The van der Waals surface area contributed by atoms with Crippen molar-refractivity contribution >= 4 is 28.9 Å². The van der Waals surface area contributed by atoms with Crippen LogP contribution < -0.4 is 0 Å². The van der Waals surface area contributed by atoms with E-state index in [9.17, 15) is 9.59 Å². The standard InChI is InChI=1S/C25H24N2O3/c1-27(23-12-6-9-18-7-2-4-10-21(18)23)24(28)17-30-25(29)16-15-20-14-13-19-8-3-5-11-22(19)26-20/h2-5,7-8,10-11,13-16,23H,6,9,12,17H2,1H3/b16-15+. The molecule has 5 nitrogen and oxygen atoms in total. The second-order valence-electron chi connectivity index (χ2n) is 7.48. The summed E-state index contributed by atoms with van der Waals surface area (Å²) >= 11 is 0. The molecule has 1 amide bonds. The van der Waals surface area contributed by atoms with Crippen molar-refractivity contribution in [2.75, 3.05) is 13.7 Å². The first-order chi connectivity index (χ1) is 14.6. The fourth-order valence-electron chi connectivity index (χ4n) is 3.92. The zero-order valence-corrected chi connectivity index (χ0v) is 17.0. The molecule has 0 fully saturated rings. The van der Waals surface area contributed by atoms with Crippen LogP contribution in [-0.2, 0) is 20.7 Å². The van der Waals surface area contributed by atoms with Gasteiger partial charge in [-0.25, -0.2) is 9.78 Å². The van der Waals surface area contributed by atoms with Crippen molar-refractivity contribution in [3.8, 4) is 0 Å². The van der Waals surface area contributed by atoms with Crippen LogP contribution in [0.3, 0.4) is 0 Å². The largest absolute Gasteiger partial charge is 0.452 e. The summed E-state index contributed by atoms with van der Waals surface area (Å²) in [7, 11) is 1.78. The zero-order chi connectivity index (χ0) is 20.9. The van der Waals surface area contributed by atoms with Crippen molar-refractivity contribution in [2.24, 2.45) is 0 Å². The van der Waals surface area contributed by atoms with Crippen molar-refractivity contribution in [1.82, 2.24) is 9.88 Å². The molecule has 0 bridgehead atoms. The van der Waals surface area contributed by atoms with Crippen LogP contribution >= 0.6 is 0 Å². The Morgan fingerprint density at radius 1 is 1.10 bits per heavy atom. The van der Waals surface area contributed by atoms with Crippen LogP contribution in [0.1, 0.15) is 35.7 Å². The topological polar surface area (TPSA) is 59.5 Å². The third kappa shape index (κ3) is 4.40. The maximum absolute atomic E-state index is 12.6. The smallest absolute Gasteiger partial charge is 0.331 e. The third-order valence-corrected chi connectivity index (χ3v) is 5.55. The molecule has 1 atom stereocenters. The zero-order valence-electron chi connectivity index (χ0n) is 17.0. The lowest BCUT2D eigenvalue weighted by atomic mass is 9.87. The van der Waals surface area contributed by atoms with Crippen LogP contribution in [0, 0.1) is 0 Å². The number of aryl methyl sites for hydroxylation is 1. The molecule has 0 spiro atoms. The number of fused-ring (bicyclic) bond motifs is 2. The lowest BCUT2D eigenvalue weighted by Crippen LogP contribution is -2.36. The van der Waals surface area contributed by atoms with Gasteiger partial charge in [0.2, 0.25) is 0 Å². The lowest BCUT2D eigenvalue weighted by molar-refractivity contribution is -0.148. The highest BCUT2D eigenvalue weighted by atomic mass is 16.5. The van der Waals surface area contributed by atoms with Gasteiger partial charge in [-0.1, -0.05) is 48.5 Å². The van der Waals surface area contributed by atoms with E-state index in [4.69, 9.17) is 4.74 Å². The first-order valence-electron chi connectivity index (χ1n) is 10.2. The van der Waals surface area contributed by atoms with Crippen LogP contribution in [0.4, 0.5) is 0 Å². The Balaban J connectivity index is 1.34. The van der Waals surface area contributed by atoms with Gasteiger partial charge in [-0.3, -0.25) is 4.79 Å². The minimum atomic E-state index is -0.559. The Morgan fingerprint density at radius 2 is 1.90 bits per heavy atom. The number of carbonyl (C=O) groups is 2. The monoisotopic (exact) mass is 400 g/mol. The van der Waals surface area contributed by atoms with Gasteiger partial charge in [-0.15, -0.1) is 0 Å². The summed E-state index contributed by atoms with van der Waals surface area (Å²) < 4.78 is 5.17. The summed E-state index contributed by atoms with van der Waals surface area (Å²) in [5.74, 6) is -0.766. The molecular weight excluding hydrogens is 376 g/mol. The van der Waals surface area contributed by atoms with Gasteiger partial charge in [-0.2, -0.15) is 0 Å². The number of rotatable bonds is 5. The van der Waals surface area contributed by atoms with Crippen molar-refractivity contribution in [3.05, 3.63) is 83.6 Å². The molecule has 1 heterocycles. The number of aromatic nitrogens is 1. The van der Waals surface area contributed by atoms with Gasteiger partial charge in [0, 0.05) is 18.5 Å². The van der Waals surface area contributed by atoms with Crippen LogP contribution in [0.5, 0.6) is 0 Å². The van der Waals surface area contributed by atoms with E-state index >= 15 is 0 Å². The number of esters is 1. The van der Waals surface area contributed by atoms with E-state index in [1.165, 1.54) is 17.2 Å². The Kier molecular flexibility index (Phi) is 5.89. The molecule has 0 radical (unpaired) electrons. The van der Waals surface area contributed by atoms with Gasteiger partial charge < -0.3 is 9.64 Å². The molecule has 5 heteroatoms. The van der Waals surface area contributed by atoms with E-state index in [0.29, 0.717) is 5.69 Å². The minimum Gasteiger partial charge on any atom is -0.452 e. The highest BCUT2D eigenvalue weighted by Crippen LogP contribution is 2.33. The summed E-state index contributed by atoms with van der Waals surface area (Å²) in [5, 5.41) is 1.04. The van der Waals surface area contributed by atoms with Gasteiger partial charge >= 0.3 is 5.97 Å². The molecule has 4 rings (SSSR count). The predicted molar refractivity (Wildman–Crippen MR) is 117 cm³/mol. The molecule has 30 heavy (non-hydrogen) atoms. The molecule has 3 aromatic rings. The van der Waals surface area contributed by atoms with E-state index < -0.39 is 5.97 Å². The van der Waals surface area contributed by atoms with Crippen molar-refractivity contribution in [1.29, 1.82) is 0 Å². The predicted octanol–water partition coefficient (Wildman–Crippen LogP) is 4.33. The summed E-state index contributed by atoms with van der Waals surface area (Å²) in [5.41, 5.74) is 4.00. The van der Waals surface area contributed by atoms with E-state index in [1.54, 1.807) is 18.0 Å². The van der Waals surface area contributed by atoms with Gasteiger partial charge in [-0.05, 0) is 48.6 Å². The van der Waals surface area contributed by atoms with E-state index in [2.05, 4.69) is 17.1 Å². The number of amides is 1. The van der Waals surface area contributed by atoms with Crippen LogP contribution in [0.25, 0.3) is 17.0 Å². The van der Waals surface area contributed by atoms with Crippen LogP contribution in [-0.4, -0.2) is 35.4 Å². The van der Waals surface area contributed by atoms with Gasteiger partial charge in [0.1, 0.15) is 0 Å². The number of hydrogen-bond acceptors (Lipinski definition) is 4. The van der Waals surface area contributed by atoms with Crippen molar-refractivity contribution < 1.29 is 14.3 Å².